The highest BCUT2D eigenvalue weighted by atomic mass is 15.1. The summed E-state index contributed by atoms with van der Waals surface area (Å²) in [6.07, 6.45) is 4.28. The van der Waals surface area contributed by atoms with E-state index in [0.717, 1.165) is 48.0 Å². The molecule has 3 aromatic rings. The van der Waals surface area contributed by atoms with Gasteiger partial charge in [0.2, 0.25) is 0 Å². The molecule has 1 fully saturated rings. The molecule has 0 bridgehead atoms. The molecule has 0 aliphatic carbocycles. The van der Waals surface area contributed by atoms with Crippen molar-refractivity contribution in [3.05, 3.63) is 53.4 Å². The fraction of sp³-hybridized carbons (Fsp3) is 0.476. The molecule has 2 aromatic heterocycles. The number of imidazole rings is 1. The first-order valence-electron chi connectivity index (χ1n) is 9.59. The molecule has 1 aliphatic heterocycles. The van der Waals surface area contributed by atoms with E-state index in [0.29, 0.717) is 11.8 Å². The van der Waals surface area contributed by atoms with E-state index >= 15 is 0 Å². The average Bonchev–Trinajstić information content (AvgIpc) is 3.08. The fourth-order valence-corrected chi connectivity index (χ4v) is 3.82. The average molecular weight is 349 g/mol. The van der Waals surface area contributed by atoms with Crippen molar-refractivity contribution in [1.29, 1.82) is 0 Å². The minimum absolute atomic E-state index is 0.364. The number of H-pyrrole nitrogens is 1. The number of piperidine rings is 1. The normalized spacial score (nSPS) is 18.7. The van der Waals surface area contributed by atoms with Gasteiger partial charge in [0.25, 0.3) is 0 Å². The minimum atomic E-state index is 0.364. The van der Waals surface area contributed by atoms with Gasteiger partial charge >= 0.3 is 0 Å². The van der Waals surface area contributed by atoms with Gasteiger partial charge in [0.15, 0.2) is 0 Å². The topological polar surface area (TPSA) is 57.7 Å². The Morgan fingerprint density at radius 2 is 2.12 bits per heavy atom. The van der Waals surface area contributed by atoms with Crippen LogP contribution in [0.5, 0.6) is 0 Å². The Kier molecular flexibility index (Phi) is 4.72. The molecule has 1 aromatic carbocycles. The van der Waals surface area contributed by atoms with Crippen LogP contribution in [-0.4, -0.2) is 37.9 Å². The molecule has 136 valence electrons. The van der Waals surface area contributed by atoms with Crippen LogP contribution >= 0.6 is 0 Å². The molecule has 1 aliphatic rings. The maximum atomic E-state index is 4.91. The summed E-state index contributed by atoms with van der Waals surface area (Å²) in [7, 11) is 0. The first-order valence-corrected chi connectivity index (χ1v) is 9.59. The first kappa shape index (κ1) is 17.2. The summed E-state index contributed by atoms with van der Waals surface area (Å²) < 4.78 is 0. The molecule has 1 saturated heterocycles. The number of para-hydroxylation sites is 1. The van der Waals surface area contributed by atoms with Crippen LogP contribution in [0.1, 0.15) is 61.4 Å². The van der Waals surface area contributed by atoms with Gasteiger partial charge in [-0.05, 0) is 44.0 Å². The van der Waals surface area contributed by atoms with Crippen LogP contribution in [0.15, 0.2) is 30.5 Å². The van der Waals surface area contributed by atoms with E-state index in [4.69, 9.17) is 9.97 Å². The van der Waals surface area contributed by atoms with Crippen molar-refractivity contribution in [2.24, 2.45) is 0 Å². The zero-order chi connectivity index (χ0) is 18.1. The maximum Gasteiger partial charge on any atom is 0.131 e. The SMILES string of the molecule is Cc1cccc2[nH]c([C@@H]3CCCN(Cc4ccnc(C(C)C)n4)C3)nc12. The summed E-state index contributed by atoms with van der Waals surface area (Å²) in [6, 6.07) is 8.38. The van der Waals surface area contributed by atoms with Crippen LogP contribution in [-0.2, 0) is 6.54 Å². The van der Waals surface area contributed by atoms with Crippen LogP contribution < -0.4 is 0 Å². The van der Waals surface area contributed by atoms with E-state index in [1.165, 1.54) is 18.4 Å². The Hall–Kier alpha value is -2.27. The van der Waals surface area contributed by atoms with Gasteiger partial charge in [0.05, 0.1) is 16.7 Å². The van der Waals surface area contributed by atoms with E-state index in [1.54, 1.807) is 0 Å². The molecule has 1 N–H and O–H groups in total. The second kappa shape index (κ2) is 7.16. The van der Waals surface area contributed by atoms with Gasteiger partial charge in [0.1, 0.15) is 11.6 Å². The first-order chi connectivity index (χ1) is 12.6. The summed E-state index contributed by atoms with van der Waals surface area (Å²) >= 11 is 0. The maximum absolute atomic E-state index is 4.91. The summed E-state index contributed by atoms with van der Waals surface area (Å²) in [5.41, 5.74) is 4.61. The van der Waals surface area contributed by atoms with Gasteiger partial charge in [-0.15, -0.1) is 0 Å². The van der Waals surface area contributed by atoms with E-state index in [-0.39, 0.29) is 0 Å². The van der Waals surface area contributed by atoms with Crippen molar-refractivity contribution in [1.82, 2.24) is 24.8 Å². The molecular weight excluding hydrogens is 322 g/mol. The van der Waals surface area contributed by atoms with Crippen LogP contribution in [0.25, 0.3) is 11.0 Å². The second-order valence-electron chi connectivity index (χ2n) is 7.73. The minimum Gasteiger partial charge on any atom is -0.342 e. The molecule has 0 spiro atoms. The number of likely N-dealkylation sites (tertiary alicyclic amines) is 1. The zero-order valence-corrected chi connectivity index (χ0v) is 15.9. The Morgan fingerprint density at radius 3 is 2.92 bits per heavy atom. The predicted octanol–water partition coefficient (Wildman–Crippen LogP) is 4.16. The molecule has 0 amide bonds. The monoisotopic (exact) mass is 349 g/mol. The highest BCUT2D eigenvalue weighted by molar-refractivity contribution is 5.78. The molecule has 0 radical (unpaired) electrons. The van der Waals surface area contributed by atoms with E-state index in [9.17, 15) is 0 Å². The van der Waals surface area contributed by atoms with Gasteiger partial charge in [-0.3, -0.25) is 4.90 Å². The van der Waals surface area contributed by atoms with Crippen LogP contribution in [0.3, 0.4) is 0 Å². The van der Waals surface area contributed by atoms with Gasteiger partial charge in [-0.1, -0.05) is 26.0 Å². The molecule has 5 nitrogen and oxygen atoms in total. The van der Waals surface area contributed by atoms with Crippen molar-refractivity contribution in [3.63, 3.8) is 0 Å². The van der Waals surface area contributed by atoms with Gasteiger partial charge in [0, 0.05) is 31.1 Å². The number of hydrogen-bond donors (Lipinski definition) is 1. The standard InChI is InChI=1S/C21H27N5/c1-14(2)20-22-10-9-17(23-20)13-26-11-5-7-16(12-26)21-24-18-8-4-6-15(3)19(18)25-21/h4,6,8-10,14,16H,5,7,11-13H2,1-3H3,(H,24,25)/t16-/m1/s1. The lowest BCUT2D eigenvalue weighted by atomic mass is 9.97. The lowest BCUT2D eigenvalue weighted by Crippen LogP contribution is -2.34. The summed E-state index contributed by atoms with van der Waals surface area (Å²) in [4.78, 5) is 20.1. The fourth-order valence-electron chi connectivity index (χ4n) is 3.82. The molecule has 1 atom stereocenters. The predicted molar refractivity (Wildman–Crippen MR) is 104 cm³/mol. The van der Waals surface area contributed by atoms with Crippen molar-refractivity contribution in [2.45, 2.75) is 52.0 Å². The lowest BCUT2D eigenvalue weighted by molar-refractivity contribution is 0.195. The molecule has 0 saturated carbocycles. The van der Waals surface area contributed by atoms with E-state index in [2.05, 4.69) is 53.8 Å². The number of aromatic nitrogens is 4. The summed E-state index contributed by atoms with van der Waals surface area (Å²) in [5.74, 6) is 2.89. The quantitative estimate of drug-likeness (QED) is 0.768. The second-order valence-corrected chi connectivity index (χ2v) is 7.73. The number of aryl methyl sites for hydroxylation is 1. The third-order valence-corrected chi connectivity index (χ3v) is 5.26. The summed E-state index contributed by atoms with van der Waals surface area (Å²) in [6.45, 7) is 9.44. The number of aromatic amines is 1. The number of fused-ring (bicyclic) bond motifs is 1. The van der Waals surface area contributed by atoms with Crippen molar-refractivity contribution < 1.29 is 0 Å². The van der Waals surface area contributed by atoms with Crippen LogP contribution in [0, 0.1) is 6.92 Å². The van der Waals surface area contributed by atoms with E-state index < -0.39 is 0 Å². The molecule has 4 rings (SSSR count). The number of hydrogen-bond acceptors (Lipinski definition) is 4. The van der Waals surface area contributed by atoms with Gasteiger partial charge in [-0.2, -0.15) is 0 Å². The van der Waals surface area contributed by atoms with E-state index in [1.807, 2.05) is 12.3 Å². The smallest absolute Gasteiger partial charge is 0.131 e. The molecular formula is C21H27N5. The third kappa shape index (κ3) is 3.49. The lowest BCUT2D eigenvalue weighted by Gasteiger charge is -2.31. The molecule has 5 heteroatoms. The van der Waals surface area contributed by atoms with Crippen molar-refractivity contribution in [3.8, 4) is 0 Å². The Morgan fingerprint density at radius 1 is 1.23 bits per heavy atom. The summed E-state index contributed by atoms with van der Waals surface area (Å²) in [5, 5.41) is 0. The number of benzene rings is 1. The Labute approximate surface area is 154 Å². The molecule has 3 heterocycles. The van der Waals surface area contributed by atoms with Gasteiger partial charge in [-0.25, -0.2) is 15.0 Å². The molecule has 0 unspecified atom stereocenters. The zero-order valence-electron chi connectivity index (χ0n) is 15.9. The molecule has 26 heavy (non-hydrogen) atoms. The largest absolute Gasteiger partial charge is 0.342 e. The number of nitrogens with zero attached hydrogens (tertiary/aromatic N) is 4. The van der Waals surface area contributed by atoms with Gasteiger partial charge < -0.3 is 4.98 Å². The van der Waals surface area contributed by atoms with Crippen LogP contribution in [0.4, 0.5) is 0 Å². The van der Waals surface area contributed by atoms with Crippen molar-refractivity contribution in [2.75, 3.05) is 13.1 Å². The number of rotatable bonds is 4. The Balaban J connectivity index is 1.50. The highest BCUT2D eigenvalue weighted by Crippen LogP contribution is 2.28. The van der Waals surface area contributed by atoms with Crippen molar-refractivity contribution >= 4 is 11.0 Å². The number of nitrogens with one attached hydrogen (secondary N) is 1. The van der Waals surface area contributed by atoms with Crippen LogP contribution in [0.2, 0.25) is 0 Å². The third-order valence-electron chi connectivity index (χ3n) is 5.26. The Bertz CT molecular complexity index is 898. The highest BCUT2D eigenvalue weighted by Gasteiger charge is 2.24.